The third kappa shape index (κ3) is 7.75. The molecule has 11 nitrogen and oxygen atoms in total. The van der Waals surface area contributed by atoms with Crippen molar-refractivity contribution in [1.82, 2.24) is 14.9 Å². The van der Waals surface area contributed by atoms with Gasteiger partial charge in [-0.15, -0.1) is 0 Å². The summed E-state index contributed by atoms with van der Waals surface area (Å²) in [6.45, 7) is 3.61. The van der Waals surface area contributed by atoms with Crippen molar-refractivity contribution < 1.29 is 13.2 Å². The van der Waals surface area contributed by atoms with Crippen LogP contribution in [0.3, 0.4) is 0 Å². The van der Waals surface area contributed by atoms with Gasteiger partial charge in [0.25, 0.3) is 5.56 Å². The maximum atomic E-state index is 13.5. The molecule has 0 unspecified atom stereocenters. The van der Waals surface area contributed by atoms with E-state index in [2.05, 4.69) is 15.6 Å². The Morgan fingerprint density at radius 1 is 1.12 bits per heavy atom. The predicted octanol–water partition coefficient (Wildman–Crippen LogP) is 3.27. The molecule has 0 spiro atoms. The van der Waals surface area contributed by atoms with Crippen molar-refractivity contribution in [2.45, 2.75) is 70.0 Å². The van der Waals surface area contributed by atoms with Crippen LogP contribution in [0.2, 0.25) is 0 Å². The van der Waals surface area contributed by atoms with Crippen molar-refractivity contribution in [2.24, 2.45) is 11.7 Å². The Kier molecular flexibility index (Phi) is 9.66. The molecule has 4 rings (SSSR count). The average molecular weight is 594 g/mol. The van der Waals surface area contributed by atoms with E-state index < -0.39 is 21.3 Å². The van der Waals surface area contributed by atoms with Crippen LogP contribution in [0.25, 0.3) is 11.3 Å². The van der Waals surface area contributed by atoms with Gasteiger partial charge in [-0.25, -0.2) is 13.4 Å². The molecule has 0 atom stereocenters. The lowest BCUT2D eigenvalue weighted by molar-refractivity contribution is -0.121. The van der Waals surface area contributed by atoms with E-state index in [0.29, 0.717) is 11.1 Å². The molecule has 1 fully saturated rings. The monoisotopic (exact) mass is 593 g/mol. The number of nitrogens with two attached hydrogens (primary N) is 2. The number of hydrogen-bond acceptors (Lipinski definition) is 8. The third-order valence-electron chi connectivity index (χ3n) is 7.30. The van der Waals surface area contributed by atoms with Gasteiger partial charge in [-0.05, 0) is 56.4 Å². The molecule has 1 aliphatic rings. The topological polar surface area (TPSA) is 186 Å². The molecular formula is C30H39N7O4S. The zero-order valence-corrected chi connectivity index (χ0v) is 24.8. The van der Waals surface area contributed by atoms with Crippen LogP contribution in [-0.4, -0.2) is 41.5 Å². The molecule has 1 aliphatic carbocycles. The van der Waals surface area contributed by atoms with Crippen molar-refractivity contribution in [1.29, 1.82) is 5.41 Å². The molecule has 0 radical (unpaired) electrons. The highest BCUT2D eigenvalue weighted by molar-refractivity contribution is 7.91. The number of amides is 1. The zero-order valence-electron chi connectivity index (χ0n) is 24.0. The maximum absolute atomic E-state index is 13.5. The molecule has 0 bridgehead atoms. The van der Waals surface area contributed by atoms with Gasteiger partial charge in [0.1, 0.15) is 12.4 Å². The summed E-state index contributed by atoms with van der Waals surface area (Å²) in [5.41, 5.74) is 13.4. The molecule has 42 heavy (non-hydrogen) atoms. The number of nitrogens with zero attached hydrogens (tertiary/aromatic N) is 2. The Labute approximate surface area is 246 Å². The highest BCUT2D eigenvalue weighted by Gasteiger charge is 2.25. The number of carbonyl (C=O) groups excluding carboxylic acids is 1. The molecule has 224 valence electrons. The summed E-state index contributed by atoms with van der Waals surface area (Å²) in [7, 11) is -3.63. The van der Waals surface area contributed by atoms with Gasteiger partial charge in [-0.2, -0.15) is 0 Å². The van der Waals surface area contributed by atoms with E-state index in [1.807, 2.05) is 13.8 Å². The number of rotatable bonds is 11. The molecule has 1 saturated carbocycles. The van der Waals surface area contributed by atoms with E-state index in [9.17, 15) is 18.0 Å². The van der Waals surface area contributed by atoms with Crippen molar-refractivity contribution in [3.63, 3.8) is 0 Å². The summed E-state index contributed by atoms with van der Waals surface area (Å²) < 4.78 is 28.0. The van der Waals surface area contributed by atoms with E-state index in [1.165, 1.54) is 22.9 Å². The van der Waals surface area contributed by atoms with E-state index in [4.69, 9.17) is 16.9 Å². The smallest absolute Gasteiger partial charge is 0.294 e. The minimum atomic E-state index is -3.63. The lowest BCUT2D eigenvalue weighted by atomic mass is 9.91. The van der Waals surface area contributed by atoms with Crippen LogP contribution in [0.4, 0.5) is 11.5 Å². The summed E-state index contributed by atoms with van der Waals surface area (Å²) in [5.74, 6) is -0.238. The summed E-state index contributed by atoms with van der Waals surface area (Å²) in [4.78, 5) is 31.0. The first kappa shape index (κ1) is 30.8. The Balaban J connectivity index is 1.64. The van der Waals surface area contributed by atoms with E-state index in [1.54, 1.807) is 30.3 Å². The lowest BCUT2D eigenvalue weighted by Gasteiger charge is -2.21. The number of nitrogen functional groups attached to an aromatic ring is 2. The van der Waals surface area contributed by atoms with Gasteiger partial charge in [0, 0.05) is 29.4 Å². The largest absolute Gasteiger partial charge is 0.399 e. The van der Waals surface area contributed by atoms with Crippen LogP contribution in [0.15, 0.2) is 58.4 Å². The second kappa shape index (κ2) is 13.2. The number of anilines is 2. The number of amidine groups is 1. The zero-order chi connectivity index (χ0) is 30.4. The second-order valence-electron chi connectivity index (χ2n) is 11.1. The molecule has 7 N–H and O–H groups in total. The van der Waals surface area contributed by atoms with Gasteiger partial charge in [0.05, 0.1) is 22.5 Å². The molecular weight excluding hydrogens is 554 g/mol. The molecule has 12 heteroatoms. The second-order valence-corrected chi connectivity index (χ2v) is 13.2. The first-order valence-corrected chi connectivity index (χ1v) is 15.8. The molecule has 1 aromatic heterocycles. The van der Waals surface area contributed by atoms with Crippen LogP contribution >= 0.6 is 0 Å². The van der Waals surface area contributed by atoms with Gasteiger partial charge in [0.15, 0.2) is 15.7 Å². The average Bonchev–Trinajstić information content (AvgIpc) is 2.94. The van der Waals surface area contributed by atoms with E-state index >= 15 is 0 Å². The number of aromatic nitrogens is 2. The van der Waals surface area contributed by atoms with Crippen LogP contribution < -0.4 is 27.7 Å². The summed E-state index contributed by atoms with van der Waals surface area (Å²) >= 11 is 0. The van der Waals surface area contributed by atoms with Crippen LogP contribution in [0, 0.1) is 11.3 Å². The minimum absolute atomic E-state index is 0.0486. The Morgan fingerprint density at radius 3 is 2.45 bits per heavy atom. The fourth-order valence-electron chi connectivity index (χ4n) is 5.16. The lowest BCUT2D eigenvalue weighted by Crippen LogP contribution is -2.35. The maximum Gasteiger partial charge on any atom is 0.294 e. The van der Waals surface area contributed by atoms with Gasteiger partial charge in [0.2, 0.25) is 5.91 Å². The number of hydrogen-bond donors (Lipinski definition) is 5. The normalized spacial score (nSPS) is 14.1. The number of nitrogens with one attached hydrogen (secondary N) is 3. The first-order valence-electron chi connectivity index (χ1n) is 14.1. The van der Waals surface area contributed by atoms with E-state index in [0.717, 1.165) is 37.7 Å². The highest BCUT2D eigenvalue weighted by Crippen LogP contribution is 2.30. The quantitative estimate of drug-likeness (QED) is 0.127. The molecule has 3 aromatic rings. The van der Waals surface area contributed by atoms with Crippen LogP contribution in [-0.2, 0) is 27.7 Å². The van der Waals surface area contributed by atoms with Gasteiger partial charge >= 0.3 is 0 Å². The summed E-state index contributed by atoms with van der Waals surface area (Å²) in [5, 5.41) is 13.3. The van der Waals surface area contributed by atoms with Crippen molar-refractivity contribution >= 4 is 33.1 Å². The van der Waals surface area contributed by atoms with Crippen LogP contribution in [0.5, 0.6) is 0 Å². The minimum Gasteiger partial charge on any atom is -0.399 e. The Hall–Kier alpha value is -4.19. The van der Waals surface area contributed by atoms with E-state index in [-0.39, 0.29) is 58.7 Å². The van der Waals surface area contributed by atoms with Crippen LogP contribution in [0.1, 0.15) is 57.1 Å². The van der Waals surface area contributed by atoms with Gasteiger partial charge in [-0.1, -0.05) is 43.5 Å². The summed E-state index contributed by atoms with van der Waals surface area (Å²) in [6.07, 6.45) is 6.42. The Bertz CT molecular complexity index is 1610. The SMILES string of the molecule is CC(C)Nc1ncc(-c2cc(N)cc(S(=O)(=O)CC3CCCCC3)c2)n(CC(=O)NCc2ccc(C(=N)N)cc2)c1=O. The highest BCUT2D eigenvalue weighted by atomic mass is 32.2. The van der Waals surface area contributed by atoms with Crippen molar-refractivity contribution in [3.8, 4) is 11.3 Å². The predicted molar refractivity (Wildman–Crippen MR) is 165 cm³/mol. The molecule has 0 aliphatic heterocycles. The summed E-state index contributed by atoms with van der Waals surface area (Å²) in [6, 6.07) is 11.3. The fraction of sp³-hybridized carbons (Fsp3) is 0.400. The van der Waals surface area contributed by atoms with Crippen molar-refractivity contribution in [3.05, 3.63) is 70.1 Å². The number of carbonyl (C=O) groups is 1. The Morgan fingerprint density at radius 2 is 1.81 bits per heavy atom. The molecule has 1 heterocycles. The number of sulfone groups is 1. The third-order valence-corrected chi connectivity index (χ3v) is 9.16. The van der Waals surface area contributed by atoms with Crippen molar-refractivity contribution in [2.75, 3.05) is 16.8 Å². The van der Waals surface area contributed by atoms with Gasteiger partial charge in [-0.3, -0.25) is 19.6 Å². The first-order chi connectivity index (χ1) is 19.9. The molecule has 1 amide bonds. The fourth-order valence-corrected chi connectivity index (χ4v) is 6.93. The van der Waals surface area contributed by atoms with Gasteiger partial charge < -0.3 is 22.1 Å². The number of benzene rings is 2. The molecule has 0 saturated heterocycles. The standard InChI is InChI=1S/C30H39N7O4S/c1-19(2)36-29-30(39)37(17-27(38)34-15-20-8-10-22(11-9-20)28(32)33)26(16-35-29)23-12-24(31)14-25(13-23)42(40,41)18-21-6-4-3-5-7-21/h8-14,16,19,21H,3-7,15,17-18,31H2,1-2H3,(H3,32,33)(H,34,38)(H,35,36). The molecule has 2 aromatic carbocycles.